The molecule has 0 saturated carbocycles. The molecule has 9 rings (SSSR count). The Morgan fingerprint density at radius 2 is 0.838 bits per heavy atom. The highest BCUT2D eigenvalue weighted by molar-refractivity contribution is 5.95. The molecule has 0 spiro atoms. The number of hydrogen-bond donors (Lipinski definition) is 5. The number of aromatic nitrogens is 3. The van der Waals surface area contributed by atoms with Crippen molar-refractivity contribution in [2.45, 2.75) is 38.5 Å². The second kappa shape index (κ2) is 26.9. The Kier molecular flexibility index (Phi) is 19.9. The molecule has 388 valence electrons. The van der Waals surface area contributed by atoms with Crippen LogP contribution < -0.4 is 22.1 Å². The lowest BCUT2D eigenvalue weighted by Gasteiger charge is -2.21. The summed E-state index contributed by atoms with van der Waals surface area (Å²) in [5.41, 5.74) is 14.7. The topological polar surface area (TPSA) is 300 Å². The summed E-state index contributed by atoms with van der Waals surface area (Å²) < 4.78 is 54.2. The number of rotatable bonds is 10. The maximum atomic E-state index is 13.1. The number of nitrogens with two attached hydrogens (primary N) is 2. The van der Waals surface area contributed by atoms with E-state index >= 15 is 0 Å². The van der Waals surface area contributed by atoms with Crippen LogP contribution >= 0.6 is 0 Å². The smallest absolute Gasteiger partial charge is 0.311 e. The molecule has 0 unspecified atom stereocenters. The van der Waals surface area contributed by atoms with Gasteiger partial charge in [0.2, 0.25) is 23.5 Å². The highest BCUT2D eigenvalue weighted by Gasteiger charge is 2.26. The number of anilines is 4. The van der Waals surface area contributed by atoms with Gasteiger partial charge in [0.05, 0.1) is 38.5 Å². The second-order valence-electron chi connectivity index (χ2n) is 16.8. The van der Waals surface area contributed by atoms with E-state index in [1.165, 1.54) is 84.9 Å². The predicted molar refractivity (Wildman–Crippen MR) is 267 cm³/mol. The summed E-state index contributed by atoms with van der Waals surface area (Å²) in [5, 5.41) is 35.6. The van der Waals surface area contributed by atoms with Gasteiger partial charge in [-0.2, -0.15) is 0 Å². The number of ether oxygens (including phenoxy) is 3. The number of carboxylic acids is 1. The molecule has 3 aliphatic rings. The minimum absolute atomic E-state index is 0.0839. The fourth-order valence-electron chi connectivity index (χ4n) is 7.53. The fourth-order valence-corrected chi connectivity index (χ4v) is 7.53. The molecule has 0 atom stereocenters. The van der Waals surface area contributed by atoms with Gasteiger partial charge in [0.1, 0.15) is 17.5 Å². The first-order valence-electron chi connectivity index (χ1n) is 23.2. The molecule has 0 aliphatic carbocycles. The van der Waals surface area contributed by atoms with Gasteiger partial charge in [-0.3, -0.25) is 34.6 Å². The van der Waals surface area contributed by atoms with Crippen LogP contribution in [-0.4, -0.2) is 87.3 Å². The highest BCUT2D eigenvalue weighted by atomic mass is 19.1. The first-order chi connectivity index (χ1) is 35.6. The molecule has 2 amide bonds. The predicted octanol–water partition coefficient (Wildman–Crippen LogP) is 8.87. The Bertz CT molecular complexity index is 2880. The third kappa shape index (κ3) is 16.0. The highest BCUT2D eigenvalue weighted by Crippen LogP contribution is 2.30. The second-order valence-corrected chi connectivity index (χ2v) is 16.8. The van der Waals surface area contributed by atoms with Crippen molar-refractivity contribution in [3.63, 3.8) is 0 Å². The quantitative estimate of drug-likeness (QED) is 0.0632. The third-order valence-corrected chi connectivity index (χ3v) is 11.8. The molecule has 3 saturated heterocycles. The summed E-state index contributed by atoms with van der Waals surface area (Å²) in [7, 11) is 0. The van der Waals surface area contributed by atoms with Crippen LogP contribution in [0.4, 0.5) is 47.7 Å². The van der Waals surface area contributed by atoms with Crippen LogP contribution in [0.25, 0.3) is 33.8 Å². The van der Waals surface area contributed by atoms with Crippen LogP contribution in [0.15, 0.2) is 109 Å². The van der Waals surface area contributed by atoms with E-state index in [0.29, 0.717) is 118 Å². The van der Waals surface area contributed by atoms with Crippen LogP contribution in [0.5, 0.6) is 0 Å². The summed E-state index contributed by atoms with van der Waals surface area (Å²) >= 11 is 0. The normalized spacial score (nSPS) is 14.8. The van der Waals surface area contributed by atoms with E-state index < -0.39 is 21.6 Å². The summed E-state index contributed by atoms with van der Waals surface area (Å²) in [5.74, 6) is -2.57. The number of hydrogen-bond acceptors (Lipinski definition) is 15. The zero-order valence-corrected chi connectivity index (χ0v) is 39.7. The first-order valence-corrected chi connectivity index (χ1v) is 23.2. The van der Waals surface area contributed by atoms with Gasteiger partial charge in [0, 0.05) is 80.3 Å². The Hall–Kier alpha value is -8.41. The van der Waals surface area contributed by atoms with Crippen LogP contribution in [0, 0.1) is 55.4 Å². The van der Waals surface area contributed by atoms with Crippen molar-refractivity contribution in [2.24, 2.45) is 17.8 Å². The SMILES string of the molecule is Nc1ccc(-c2ccc(F)cc2)nc1NC(=O)C1CCOCC1.Nc1nc(-c2ccc(F)cc2)ccc1[N+](=O)[O-].O=C(Nc1nc(-c2ccc(F)cc2)ccc1[N+](=O)[O-])C1CCOCC1.O=C(O)C1CCOCC1. The molecule has 3 aromatic carbocycles. The van der Waals surface area contributed by atoms with Crippen molar-refractivity contribution in [1.29, 1.82) is 0 Å². The Morgan fingerprint density at radius 3 is 1.20 bits per heavy atom. The maximum absolute atomic E-state index is 13.1. The number of carbonyl (C=O) groups excluding carboxylic acids is 2. The fraction of sp³-hybridized carbons (Fsp3) is 0.294. The number of amides is 2. The Labute approximate surface area is 421 Å². The molecule has 6 heterocycles. The van der Waals surface area contributed by atoms with Crippen LogP contribution in [0.3, 0.4) is 0 Å². The summed E-state index contributed by atoms with van der Waals surface area (Å²) in [6.45, 7) is 3.38. The number of carboxylic acid groups (broad SMARTS) is 1. The van der Waals surface area contributed by atoms with Crippen LogP contribution in [0.2, 0.25) is 0 Å². The molecule has 20 nitrogen and oxygen atoms in total. The van der Waals surface area contributed by atoms with Crippen molar-refractivity contribution < 1.29 is 56.7 Å². The van der Waals surface area contributed by atoms with E-state index in [0.717, 1.165) is 5.56 Å². The molecular weight excluding hydrogens is 972 g/mol. The number of nitro groups is 2. The number of pyridine rings is 3. The molecule has 6 aromatic rings. The van der Waals surface area contributed by atoms with Gasteiger partial charge < -0.3 is 41.4 Å². The molecule has 0 radical (unpaired) electrons. The van der Waals surface area contributed by atoms with E-state index in [1.807, 2.05) is 0 Å². The lowest BCUT2D eigenvalue weighted by Crippen LogP contribution is -2.29. The standard InChI is InChI=1S/C17H16FN3O4.C17H18FN3O2.C11H8FN3O2.C6H10O3/c18-13-3-1-11(2-4-13)14-5-6-15(21(23)24)16(19-14)20-17(22)12-7-9-25-10-8-12;18-13-3-1-11(2-4-13)15-6-5-14(19)16(20-15)21-17(22)12-7-9-23-10-8-12;12-8-3-1-7(2-4-8)9-5-6-10(15(16)17)11(13)14-9;7-6(8)5-1-3-9-4-2-5/h1-6,12H,7-10H2,(H,19,20,22);1-6,12H,7-10,19H2,(H,20,21,22);1-6H,(H2,13,14);5H,1-4H2,(H,7,8). The minimum Gasteiger partial charge on any atom is -0.481 e. The van der Waals surface area contributed by atoms with Crippen molar-refractivity contribution in [3.8, 4) is 33.8 Å². The van der Waals surface area contributed by atoms with E-state index in [2.05, 4.69) is 25.6 Å². The molecule has 23 heteroatoms. The van der Waals surface area contributed by atoms with Gasteiger partial charge in [-0.05, 0) is 136 Å². The minimum atomic E-state index is -0.682. The Morgan fingerprint density at radius 1 is 0.500 bits per heavy atom. The van der Waals surface area contributed by atoms with E-state index in [-0.39, 0.29) is 64.2 Å². The van der Waals surface area contributed by atoms with E-state index in [1.54, 1.807) is 24.3 Å². The number of nitrogen functional groups attached to an aromatic ring is 2. The van der Waals surface area contributed by atoms with Crippen molar-refractivity contribution in [2.75, 3.05) is 61.7 Å². The number of aliphatic carboxylic acids is 1. The Balaban J connectivity index is 0.000000169. The number of nitrogens with one attached hydrogen (secondary N) is 2. The number of nitrogens with zero attached hydrogens (tertiary/aromatic N) is 5. The van der Waals surface area contributed by atoms with Crippen molar-refractivity contribution in [1.82, 2.24) is 15.0 Å². The van der Waals surface area contributed by atoms with Gasteiger partial charge in [0.15, 0.2) is 5.82 Å². The van der Waals surface area contributed by atoms with Gasteiger partial charge in [-0.1, -0.05) is 0 Å². The molecule has 3 aliphatic heterocycles. The maximum Gasteiger partial charge on any atom is 0.311 e. The van der Waals surface area contributed by atoms with Gasteiger partial charge >= 0.3 is 17.3 Å². The van der Waals surface area contributed by atoms with Crippen LogP contribution in [0.1, 0.15) is 38.5 Å². The van der Waals surface area contributed by atoms with E-state index in [4.69, 9.17) is 30.8 Å². The third-order valence-electron chi connectivity index (χ3n) is 11.8. The first kappa shape index (κ1) is 54.9. The summed E-state index contributed by atoms with van der Waals surface area (Å²) in [4.78, 5) is 68.0. The lowest BCUT2D eigenvalue weighted by molar-refractivity contribution is -0.384. The molecule has 3 fully saturated rings. The summed E-state index contributed by atoms with van der Waals surface area (Å²) in [6.07, 6.45) is 3.88. The molecule has 7 N–H and O–H groups in total. The summed E-state index contributed by atoms with van der Waals surface area (Å²) in [6, 6.07) is 26.2. The molecule has 74 heavy (non-hydrogen) atoms. The monoisotopic (exact) mass is 1020 g/mol. The molecular formula is C51H52F3N9O11. The van der Waals surface area contributed by atoms with Gasteiger partial charge in [0.25, 0.3) is 0 Å². The zero-order valence-electron chi connectivity index (χ0n) is 39.7. The van der Waals surface area contributed by atoms with E-state index in [9.17, 15) is 47.8 Å². The van der Waals surface area contributed by atoms with Crippen molar-refractivity contribution >= 4 is 52.3 Å². The number of halogens is 3. The molecule has 3 aromatic heterocycles. The largest absolute Gasteiger partial charge is 0.481 e. The lowest BCUT2D eigenvalue weighted by atomic mass is 9.99. The van der Waals surface area contributed by atoms with Crippen LogP contribution in [-0.2, 0) is 28.6 Å². The zero-order chi connectivity index (χ0) is 53.1. The number of benzene rings is 3. The van der Waals surface area contributed by atoms with Gasteiger partial charge in [-0.15, -0.1) is 0 Å². The van der Waals surface area contributed by atoms with Gasteiger partial charge in [-0.25, -0.2) is 28.1 Å². The van der Waals surface area contributed by atoms with Crippen molar-refractivity contribution in [3.05, 3.63) is 147 Å². The number of carbonyl (C=O) groups is 3. The molecule has 0 bridgehead atoms. The average molecular weight is 1020 g/mol. The average Bonchev–Trinajstić information content (AvgIpc) is 3.41.